The zero-order valence-electron chi connectivity index (χ0n) is 10.7. The lowest BCUT2D eigenvalue weighted by Gasteiger charge is -2.33. The minimum atomic E-state index is -0.992. The summed E-state index contributed by atoms with van der Waals surface area (Å²) in [5, 5.41) is 10.7. The summed E-state index contributed by atoms with van der Waals surface area (Å²) in [7, 11) is 3.16. The fourth-order valence-electron chi connectivity index (χ4n) is 2.39. The van der Waals surface area contributed by atoms with E-state index in [-0.39, 0.29) is 5.78 Å². The normalized spacial score (nSPS) is 18.5. The Bertz CT molecular complexity index is 443. The van der Waals surface area contributed by atoms with Crippen LogP contribution in [0.2, 0.25) is 0 Å². The van der Waals surface area contributed by atoms with E-state index < -0.39 is 5.60 Å². The quantitative estimate of drug-likeness (QED) is 0.891. The molecule has 1 fully saturated rings. The Balaban J connectivity index is 2.38. The van der Waals surface area contributed by atoms with Crippen LogP contribution in [0.15, 0.2) is 18.2 Å². The molecule has 0 spiro atoms. The average Bonchev–Trinajstić information content (AvgIpc) is 2.41. The van der Waals surface area contributed by atoms with Crippen molar-refractivity contribution in [3.8, 4) is 11.5 Å². The van der Waals surface area contributed by atoms with Crippen LogP contribution in [0.1, 0.15) is 31.2 Å². The number of carbonyl (C=O) groups excluding carboxylic acids is 1. The Labute approximate surface area is 107 Å². The maximum atomic E-state index is 11.3. The van der Waals surface area contributed by atoms with Gasteiger partial charge in [-0.25, -0.2) is 0 Å². The van der Waals surface area contributed by atoms with E-state index in [1.165, 1.54) is 0 Å². The van der Waals surface area contributed by atoms with Crippen LogP contribution in [0.25, 0.3) is 0 Å². The van der Waals surface area contributed by atoms with Crippen molar-refractivity contribution in [1.29, 1.82) is 0 Å². The van der Waals surface area contributed by atoms with Gasteiger partial charge in [0.2, 0.25) is 0 Å². The molecule has 0 aliphatic heterocycles. The first-order chi connectivity index (χ1) is 8.59. The van der Waals surface area contributed by atoms with E-state index in [2.05, 4.69) is 0 Å². The van der Waals surface area contributed by atoms with Crippen molar-refractivity contribution in [2.24, 2.45) is 0 Å². The van der Waals surface area contributed by atoms with Gasteiger partial charge in [0.05, 0.1) is 19.8 Å². The largest absolute Gasteiger partial charge is 0.497 e. The fraction of sp³-hybridized carbons (Fsp3) is 0.500. The predicted molar refractivity (Wildman–Crippen MR) is 66.9 cm³/mol. The molecule has 0 amide bonds. The van der Waals surface area contributed by atoms with Crippen molar-refractivity contribution < 1.29 is 19.4 Å². The summed E-state index contributed by atoms with van der Waals surface area (Å²) in [5.41, 5.74) is -0.287. The molecule has 2 rings (SSSR count). The van der Waals surface area contributed by atoms with Crippen LogP contribution in [-0.2, 0) is 10.4 Å². The summed E-state index contributed by atoms with van der Waals surface area (Å²) in [6.07, 6.45) is 1.71. The number of ketones is 1. The third-order valence-electron chi connectivity index (χ3n) is 3.54. The van der Waals surface area contributed by atoms with Crippen molar-refractivity contribution in [2.45, 2.75) is 31.3 Å². The van der Waals surface area contributed by atoms with E-state index in [0.717, 1.165) is 0 Å². The lowest BCUT2D eigenvalue weighted by Crippen LogP contribution is -2.32. The second-order valence-corrected chi connectivity index (χ2v) is 4.64. The average molecular weight is 250 g/mol. The molecular weight excluding hydrogens is 232 g/mol. The third-order valence-corrected chi connectivity index (χ3v) is 3.54. The van der Waals surface area contributed by atoms with Gasteiger partial charge in [-0.2, -0.15) is 0 Å². The van der Waals surface area contributed by atoms with E-state index in [0.29, 0.717) is 42.7 Å². The zero-order chi connectivity index (χ0) is 13.2. The van der Waals surface area contributed by atoms with Gasteiger partial charge in [0, 0.05) is 18.4 Å². The smallest absolute Gasteiger partial charge is 0.133 e. The van der Waals surface area contributed by atoms with Crippen LogP contribution in [0, 0.1) is 0 Å². The molecule has 1 N–H and O–H groups in total. The molecule has 0 radical (unpaired) electrons. The van der Waals surface area contributed by atoms with Crippen LogP contribution in [0.4, 0.5) is 0 Å². The third kappa shape index (κ3) is 2.34. The Morgan fingerprint density at radius 1 is 1.17 bits per heavy atom. The van der Waals surface area contributed by atoms with E-state index in [9.17, 15) is 9.90 Å². The molecule has 4 nitrogen and oxygen atoms in total. The number of ether oxygens (including phenoxy) is 2. The molecule has 0 atom stereocenters. The Kier molecular flexibility index (Phi) is 3.57. The van der Waals surface area contributed by atoms with Crippen molar-refractivity contribution in [3.05, 3.63) is 23.8 Å². The van der Waals surface area contributed by atoms with Crippen LogP contribution >= 0.6 is 0 Å². The van der Waals surface area contributed by atoms with E-state index in [1.807, 2.05) is 0 Å². The summed E-state index contributed by atoms with van der Waals surface area (Å²) in [4.78, 5) is 11.3. The standard InChI is InChI=1S/C14H18O4/c1-17-11-3-4-13(18-2)12(9-11)14(16)7-5-10(15)6-8-14/h3-4,9,16H,5-8H2,1-2H3. The van der Waals surface area contributed by atoms with Crippen LogP contribution in [0.3, 0.4) is 0 Å². The number of carbonyl (C=O) groups is 1. The lowest BCUT2D eigenvalue weighted by molar-refractivity contribution is -0.125. The first-order valence-electron chi connectivity index (χ1n) is 6.05. The molecule has 0 bridgehead atoms. The van der Waals surface area contributed by atoms with Gasteiger partial charge in [-0.3, -0.25) is 4.79 Å². The SMILES string of the molecule is COc1ccc(OC)c(C2(O)CCC(=O)CC2)c1. The molecule has 0 saturated heterocycles. The molecule has 4 heteroatoms. The van der Waals surface area contributed by atoms with Crippen LogP contribution in [-0.4, -0.2) is 25.1 Å². The monoisotopic (exact) mass is 250 g/mol. The highest BCUT2D eigenvalue weighted by atomic mass is 16.5. The highest BCUT2D eigenvalue weighted by Crippen LogP contribution is 2.41. The molecule has 0 aromatic heterocycles. The van der Waals surface area contributed by atoms with E-state index in [4.69, 9.17) is 9.47 Å². The van der Waals surface area contributed by atoms with Gasteiger partial charge in [0.1, 0.15) is 17.3 Å². The van der Waals surface area contributed by atoms with Gasteiger partial charge in [-0.15, -0.1) is 0 Å². The Morgan fingerprint density at radius 3 is 2.39 bits per heavy atom. The minimum absolute atomic E-state index is 0.210. The molecule has 1 aliphatic rings. The molecule has 1 aliphatic carbocycles. The molecule has 0 heterocycles. The van der Waals surface area contributed by atoms with Crippen molar-refractivity contribution in [3.63, 3.8) is 0 Å². The van der Waals surface area contributed by atoms with Crippen molar-refractivity contribution >= 4 is 5.78 Å². The highest BCUT2D eigenvalue weighted by Gasteiger charge is 2.36. The van der Waals surface area contributed by atoms with Gasteiger partial charge in [0.25, 0.3) is 0 Å². The fourth-order valence-corrected chi connectivity index (χ4v) is 2.39. The van der Waals surface area contributed by atoms with Gasteiger partial charge in [-0.05, 0) is 31.0 Å². The van der Waals surface area contributed by atoms with Crippen LogP contribution < -0.4 is 9.47 Å². The first-order valence-corrected chi connectivity index (χ1v) is 6.05. The van der Waals surface area contributed by atoms with E-state index in [1.54, 1.807) is 32.4 Å². The van der Waals surface area contributed by atoms with Crippen molar-refractivity contribution in [2.75, 3.05) is 14.2 Å². The number of methoxy groups -OCH3 is 2. The number of rotatable bonds is 3. The number of Topliss-reactive ketones (excluding diaryl/α,β-unsaturated/α-hetero) is 1. The predicted octanol–water partition coefficient (Wildman–Crippen LogP) is 2.03. The summed E-state index contributed by atoms with van der Waals surface area (Å²) in [6, 6.07) is 5.36. The molecule has 1 aromatic rings. The summed E-state index contributed by atoms with van der Waals surface area (Å²) in [6.45, 7) is 0. The number of hydrogen-bond donors (Lipinski definition) is 1. The maximum absolute atomic E-state index is 11.3. The number of hydrogen-bond acceptors (Lipinski definition) is 4. The topological polar surface area (TPSA) is 55.8 Å². The maximum Gasteiger partial charge on any atom is 0.133 e. The number of benzene rings is 1. The molecule has 1 saturated carbocycles. The highest BCUT2D eigenvalue weighted by molar-refractivity contribution is 5.79. The van der Waals surface area contributed by atoms with Gasteiger partial charge < -0.3 is 14.6 Å². The van der Waals surface area contributed by atoms with Crippen LogP contribution in [0.5, 0.6) is 11.5 Å². The summed E-state index contributed by atoms with van der Waals surface area (Å²) < 4.78 is 10.5. The summed E-state index contributed by atoms with van der Waals surface area (Å²) >= 11 is 0. The Morgan fingerprint density at radius 2 is 1.83 bits per heavy atom. The first kappa shape index (κ1) is 12.9. The van der Waals surface area contributed by atoms with Gasteiger partial charge in [-0.1, -0.05) is 0 Å². The van der Waals surface area contributed by atoms with Gasteiger partial charge >= 0.3 is 0 Å². The zero-order valence-corrected chi connectivity index (χ0v) is 10.7. The molecule has 0 unspecified atom stereocenters. The lowest BCUT2D eigenvalue weighted by atomic mass is 9.79. The second-order valence-electron chi connectivity index (χ2n) is 4.64. The van der Waals surface area contributed by atoms with Crippen molar-refractivity contribution in [1.82, 2.24) is 0 Å². The molecular formula is C14H18O4. The second kappa shape index (κ2) is 4.98. The molecule has 18 heavy (non-hydrogen) atoms. The molecule has 98 valence electrons. The van der Waals surface area contributed by atoms with Gasteiger partial charge in [0.15, 0.2) is 0 Å². The molecule has 1 aromatic carbocycles. The Hall–Kier alpha value is -1.55. The van der Waals surface area contributed by atoms with E-state index >= 15 is 0 Å². The number of aliphatic hydroxyl groups is 1. The minimum Gasteiger partial charge on any atom is -0.497 e. The summed E-state index contributed by atoms with van der Waals surface area (Å²) in [5.74, 6) is 1.52.